The fourth-order valence-electron chi connectivity index (χ4n) is 3.26. The van der Waals surface area contributed by atoms with Gasteiger partial charge < -0.3 is 14.6 Å². The normalized spacial score (nSPS) is 25.1. The van der Waals surface area contributed by atoms with Crippen LogP contribution in [0.2, 0.25) is 0 Å². The summed E-state index contributed by atoms with van der Waals surface area (Å²) in [5, 5.41) is 10.8. The molecule has 4 nitrogen and oxygen atoms in total. The lowest BCUT2D eigenvalue weighted by Crippen LogP contribution is -2.45. The Labute approximate surface area is 127 Å². The summed E-state index contributed by atoms with van der Waals surface area (Å²) >= 11 is 0. The highest BCUT2D eigenvalue weighted by Gasteiger charge is 2.35. The first kappa shape index (κ1) is 16.4. The minimum atomic E-state index is -0.439. The first-order valence-electron chi connectivity index (χ1n) is 7.67. The standard InChI is InChI=1S/C17H27NO3/c1-13-12-16(18(8-10-20-2)9-11-21-3)17(19)15-7-5-4-6-14(13)15/h4-7,13,16-17,19H,8-12H2,1-3H3. The van der Waals surface area contributed by atoms with Crippen LogP contribution in [0.1, 0.15) is 36.5 Å². The van der Waals surface area contributed by atoms with E-state index in [1.807, 2.05) is 12.1 Å². The molecule has 3 unspecified atom stereocenters. The lowest BCUT2D eigenvalue weighted by molar-refractivity contribution is 0.00676. The van der Waals surface area contributed by atoms with Crippen molar-refractivity contribution in [3.8, 4) is 0 Å². The van der Waals surface area contributed by atoms with Crippen molar-refractivity contribution in [2.24, 2.45) is 0 Å². The molecule has 4 heteroatoms. The van der Waals surface area contributed by atoms with Crippen LogP contribution in [0.25, 0.3) is 0 Å². The highest BCUT2D eigenvalue weighted by Crippen LogP contribution is 2.39. The molecule has 0 spiro atoms. The summed E-state index contributed by atoms with van der Waals surface area (Å²) in [6.07, 6.45) is 0.525. The number of hydrogen-bond donors (Lipinski definition) is 1. The van der Waals surface area contributed by atoms with Crippen molar-refractivity contribution in [3.63, 3.8) is 0 Å². The molecule has 0 fully saturated rings. The zero-order chi connectivity index (χ0) is 15.2. The number of fused-ring (bicyclic) bond motifs is 1. The van der Waals surface area contributed by atoms with Gasteiger partial charge >= 0.3 is 0 Å². The third-order valence-corrected chi connectivity index (χ3v) is 4.44. The van der Waals surface area contributed by atoms with Crippen LogP contribution in [-0.4, -0.2) is 56.6 Å². The van der Waals surface area contributed by atoms with Crippen LogP contribution in [0.4, 0.5) is 0 Å². The van der Waals surface area contributed by atoms with Crippen molar-refractivity contribution in [1.82, 2.24) is 4.90 Å². The van der Waals surface area contributed by atoms with Gasteiger partial charge in [0, 0.05) is 33.4 Å². The van der Waals surface area contributed by atoms with Gasteiger partial charge in [0.25, 0.3) is 0 Å². The summed E-state index contributed by atoms with van der Waals surface area (Å²) in [5.74, 6) is 0.460. The average molecular weight is 293 g/mol. The van der Waals surface area contributed by atoms with Crippen LogP contribution in [-0.2, 0) is 9.47 Å². The van der Waals surface area contributed by atoms with Gasteiger partial charge in [-0.3, -0.25) is 4.90 Å². The molecule has 118 valence electrons. The average Bonchev–Trinajstić information content (AvgIpc) is 2.51. The number of hydrogen-bond acceptors (Lipinski definition) is 4. The highest BCUT2D eigenvalue weighted by atomic mass is 16.5. The molecule has 0 amide bonds. The lowest BCUT2D eigenvalue weighted by Gasteiger charge is -2.41. The summed E-state index contributed by atoms with van der Waals surface area (Å²) in [6, 6.07) is 8.36. The molecule has 0 saturated heterocycles. The number of rotatable bonds is 7. The molecule has 1 aliphatic carbocycles. The monoisotopic (exact) mass is 293 g/mol. The van der Waals surface area contributed by atoms with Gasteiger partial charge in [0.2, 0.25) is 0 Å². The molecule has 21 heavy (non-hydrogen) atoms. The van der Waals surface area contributed by atoms with Gasteiger partial charge in [-0.05, 0) is 23.5 Å². The Morgan fingerprint density at radius 3 is 2.24 bits per heavy atom. The predicted octanol–water partition coefficient (Wildman–Crippen LogP) is 2.19. The van der Waals surface area contributed by atoms with E-state index in [9.17, 15) is 5.11 Å². The Bertz CT molecular complexity index is 430. The van der Waals surface area contributed by atoms with Crippen LogP contribution in [0, 0.1) is 0 Å². The summed E-state index contributed by atoms with van der Waals surface area (Å²) in [6.45, 7) is 5.21. The van der Waals surface area contributed by atoms with E-state index in [1.165, 1.54) is 5.56 Å². The van der Waals surface area contributed by atoms with Gasteiger partial charge in [0.15, 0.2) is 0 Å². The van der Waals surface area contributed by atoms with E-state index in [2.05, 4.69) is 24.0 Å². The Kier molecular flexibility index (Phi) is 6.18. The van der Waals surface area contributed by atoms with E-state index in [0.29, 0.717) is 19.1 Å². The molecule has 2 rings (SSSR count). The molecule has 0 aromatic heterocycles. The second-order valence-electron chi connectivity index (χ2n) is 5.80. The summed E-state index contributed by atoms with van der Waals surface area (Å²) in [7, 11) is 3.42. The van der Waals surface area contributed by atoms with Crippen molar-refractivity contribution in [3.05, 3.63) is 35.4 Å². The maximum absolute atomic E-state index is 10.8. The molecule has 1 N–H and O–H groups in total. The first-order chi connectivity index (χ1) is 10.2. The van der Waals surface area contributed by atoms with Gasteiger partial charge in [-0.1, -0.05) is 31.2 Å². The van der Waals surface area contributed by atoms with E-state index in [4.69, 9.17) is 9.47 Å². The molecule has 0 radical (unpaired) electrons. The quantitative estimate of drug-likeness (QED) is 0.837. The van der Waals surface area contributed by atoms with Gasteiger partial charge in [-0.25, -0.2) is 0 Å². The molecule has 3 atom stereocenters. The molecule has 0 saturated carbocycles. The third-order valence-electron chi connectivity index (χ3n) is 4.44. The maximum atomic E-state index is 10.8. The first-order valence-corrected chi connectivity index (χ1v) is 7.67. The molecule has 0 bridgehead atoms. The van der Waals surface area contributed by atoms with Crippen LogP contribution >= 0.6 is 0 Å². The van der Waals surface area contributed by atoms with E-state index in [1.54, 1.807) is 14.2 Å². The lowest BCUT2D eigenvalue weighted by atomic mass is 9.78. The van der Waals surface area contributed by atoms with Crippen molar-refractivity contribution in [1.29, 1.82) is 0 Å². The van der Waals surface area contributed by atoms with Gasteiger partial charge in [0.05, 0.1) is 19.3 Å². The summed E-state index contributed by atoms with van der Waals surface area (Å²) < 4.78 is 10.4. The topological polar surface area (TPSA) is 41.9 Å². The van der Waals surface area contributed by atoms with Crippen LogP contribution < -0.4 is 0 Å². The molecule has 1 aliphatic rings. The van der Waals surface area contributed by atoms with Crippen molar-refractivity contribution < 1.29 is 14.6 Å². The molecule has 1 aromatic carbocycles. The second-order valence-corrected chi connectivity index (χ2v) is 5.80. The minimum Gasteiger partial charge on any atom is -0.387 e. The minimum absolute atomic E-state index is 0.125. The fourth-order valence-corrected chi connectivity index (χ4v) is 3.26. The van der Waals surface area contributed by atoms with Crippen LogP contribution in [0.15, 0.2) is 24.3 Å². The Morgan fingerprint density at radius 1 is 1.10 bits per heavy atom. The van der Waals surface area contributed by atoms with E-state index >= 15 is 0 Å². The summed E-state index contributed by atoms with van der Waals surface area (Å²) in [4.78, 5) is 2.30. The summed E-state index contributed by atoms with van der Waals surface area (Å²) in [5.41, 5.74) is 2.35. The molecular formula is C17H27NO3. The highest BCUT2D eigenvalue weighted by molar-refractivity contribution is 5.35. The van der Waals surface area contributed by atoms with Crippen molar-refractivity contribution in [2.75, 3.05) is 40.5 Å². The van der Waals surface area contributed by atoms with Gasteiger partial charge in [0.1, 0.15) is 0 Å². The van der Waals surface area contributed by atoms with E-state index < -0.39 is 6.10 Å². The van der Waals surface area contributed by atoms with E-state index in [-0.39, 0.29) is 6.04 Å². The smallest absolute Gasteiger partial charge is 0.0948 e. The second kappa shape index (κ2) is 7.90. The molecule has 0 heterocycles. The van der Waals surface area contributed by atoms with Crippen LogP contribution in [0.3, 0.4) is 0 Å². The fraction of sp³-hybridized carbons (Fsp3) is 0.647. The largest absolute Gasteiger partial charge is 0.387 e. The van der Waals surface area contributed by atoms with Crippen molar-refractivity contribution in [2.45, 2.75) is 31.4 Å². The number of methoxy groups -OCH3 is 2. The zero-order valence-electron chi connectivity index (χ0n) is 13.3. The Morgan fingerprint density at radius 2 is 1.67 bits per heavy atom. The number of benzene rings is 1. The number of aliphatic hydroxyl groups excluding tert-OH is 1. The SMILES string of the molecule is COCCN(CCOC)C1CC(C)c2ccccc2C1O. The van der Waals surface area contributed by atoms with Gasteiger partial charge in [-0.15, -0.1) is 0 Å². The molecule has 0 aliphatic heterocycles. The van der Waals surface area contributed by atoms with E-state index in [0.717, 1.165) is 25.1 Å². The van der Waals surface area contributed by atoms with Crippen molar-refractivity contribution >= 4 is 0 Å². The maximum Gasteiger partial charge on any atom is 0.0948 e. The van der Waals surface area contributed by atoms with Crippen LogP contribution in [0.5, 0.6) is 0 Å². The number of ether oxygens (including phenoxy) is 2. The Balaban J connectivity index is 2.17. The molecule has 1 aromatic rings. The predicted molar refractivity (Wildman–Crippen MR) is 83.5 cm³/mol. The zero-order valence-corrected chi connectivity index (χ0v) is 13.3. The Hall–Kier alpha value is -0.940. The number of aliphatic hydroxyl groups is 1. The third kappa shape index (κ3) is 3.83. The number of nitrogens with zero attached hydrogens (tertiary/aromatic N) is 1. The van der Waals surface area contributed by atoms with Gasteiger partial charge in [-0.2, -0.15) is 0 Å². The molecular weight excluding hydrogens is 266 g/mol.